The Bertz CT molecular complexity index is 980. The molecule has 0 spiro atoms. The van der Waals surface area contributed by atoms with Crippen molar-refractivity contribution in [2.75, 3.05) is 20.1 Å². The highest BCUT2D eigenvalue weighted by Gasteiger charge is 2.20. The Morgan fingerprint density at radius 2 is 1.80 bits per heavy atom. The van der Waals surface area contributed by atoms with Crippen LogP contribution >= 0.6 is 0 Å². The Morgan fingerprint density at radius 1 is 1.20 bits per heavy atom. The van der Waals surface area contributed by atoms with Crippen LogP contribution in [-0.2, 0) is 14.8 Å². The third-order valence-corrected chi connectivity index (χ3v) is 6.25. The summed E-state index contributed by atoms with van der Waals surface area (Å²) >= 11 is 0. The van der Waals surface area contributed by atoms with Crippen molar-refractivity contribution in [3.05, 3.63) is 70.0 Å². The highest BCUT2D eigenvalue weighted by molar-refractivity contribution is 7.89. The van der Waals surface area contributed by atoms with Gasteiger partial charge in [0.05, 0.1) is 15.9 Å². The minimum Gasteiger partial charge on any atom is -0.387 e. The number of benzene rings is 2. The molecule has 1 amide bonds. The van der Waals surface area contributed by atoms with E-state index in [9.17, 15) is 32.8 Å². The average Bonchev–Trinajstić information content (AvgIpc) is 2.72. The molecule has 2 rings (SSSR count). The number of rotatable bonds is 10. The Balaban J connectivity index is 1.77. The summed E-state index contributed by atoms with van der Waals surface area (Å²) in [6.45, 7) is -0.00159. The quantitative estimate of drug-likeness (QED) is 0.430. The van der Waals surface area contributed by atoms with Crippen LogP contribution in [0.4, 0.5) is 10.1 Å². The number of non-ortho nitro benzene ring substituents is 1. The summed E-state index contributed by atoms with van der Waals surface area (Å²) in [6, 6.07) is 9.81. The lowest BCUT2D eigenvalue weighted by molar-refractivity contribution is -0.384. The van der Waals surface area contributed by atoms with Crippen LogP contribution in [0.2, 0.25) is 0 Å². The van der Waals surface area contributed by atoms with Crippen LogP contribution < -0.4 is 5.32 Å². The molecule has 0 aromatic heterocycles. The summed E-state index contributed by atoms with van der Waals surface area (Å²) in [6.07, 6.45) is -0.747. The summed E-state index contributed by atoms with van der Waals surface area (Å²) in [5.74, 6) is -0.910. The number of hydrogen-bond donors (Lipinski definition) is 2. The first-order valence-corrected chi connectivity index (χ1v) is 10.5. The van der Waals surface area contributed by atoms with E-state index in [1.165, 1.54) is 43.4 Å². The molecule has 30 heavy (non-hydrogen) atoms. The molecular formula is C19H22FN3O6S. The number of nitro benzene ring substituents is 1. The molecule has 9 nitrogen and oxygen atoms in total. The number of carbonyl (C=O) groups excluding carboxylic acids is 1. The molecule has 2 N–H and O–H groups in total. The molecule has 0 unspecified atom stereocenters. The highest BCUT2D eigenvalue weighted by Crippen LogP contribution is 2.18. The van der Waals surface area contributed by atoms with Crippen molar-refractivity contribution in [2.45, 2.75) is 23.8 Å². The minimum atomic E-state index is -3.78. The van der Waals surface area contributed by atoms with Gasteiger partial charge in [0.15, 0.2) is 0 Å². The number of nitrogens with zero attached hydrogens (tertiary/aromatic N) is 2. The Kier molecular flexibility index (Phi) is 7.98. The SMILES string of the molecule is CN(CCCC(=O)NC[C@@H](O)c1ccc([N+](=O)[O-])cc1)S(=O)(=O)c1ccc(F)cc1. The van der Waals surface area contributed by atoms with Crippen molar-refractivity contribution in [1.29, 1.82) is 0 Å². The number of aliphatic hydroxyl groups excluding tert-OH is 1. The molecule has 0 fully saturated rings. The van der Waals surface area contributed by atoms with Crippen LogP contribution in [-0.4, -0.2) is 48.8 Å². The topological polar surface area (TPSA) is 130 Å². The van der Waals surface area contributed by atoms with Crippen LogP contribution in [0.15, 0.2) is 53.4 Å². The van der Waals surface area contributed by atoms with E-state index in [2.05, 4.69) is 5.32 Å². The number of carbonyl (C=O) groups is 1. The van der Waals surface area contributed by atoms with Gasteiger partial charge in [-0.2, -0.15) is 0 Å². The van der Waals surface area contributed by atoms with Crippen molar-refractivity contribution in [2.24, 2.45) is 0 Å². The predicted octanol–water partition coefficient (Wildman–Crippen LogP) is 1.98. The lowest BCUT2D eigenvalue weighted by Gasteiger charge is -2.17. The minimum absolute atomic E-state index is 0.0380. The van der Waals surface area contributed by atoms with Crippen molar-refractivity contribution in [3.8, 4) is 0 Å². The maximum atomic E-state index is 13.0. The lowest BCUT2D eigenvalue weighted by Crippen LogP contribution is -2.31. The Morgan fingerprint density at radius 3 is 2.37 bits per heavy atom. The fourth-order valence-electron chi connectivity index (χ4n) is 2.60. The fraction of sp³-hybridized carbons (Fsp3) is 0.316. The van der Waals surface area contributed by atoms with E-state index >= 15 is 0 Å². The van der Waals surface area contributed by atoms with Crippen LogP contribution in [0.3, 0.4) is 0 Å². The second-order valence-corrected chi connectivity index (χ2v) is 8.60. The molecule has 0 saturated heterocycles. The van der Waals surface area contributed by atoms with E-state index in [-0.39, 0.29) is 42.4 Å². The van der Waals surface area contributed by atoms with Gasteiger partial charge in [-0.1, -0.05) is 0 Å². The number of nitro groups is 1. The van der Waals surface area contributed by atoms with Gasteiger partial charge in [0, 0.05) is 38.7 Å². The summed E-state index contributed by atoms with van der Waals surface area (Å²) in [4.78, 5) is 22.0. The van der Waals surface area contributed by atoms with Gasteiger partial charge in [-0.25, -0.2) is 17.1 Å². The van der Waals surface area contributed by atoms with E-state index in [0.29, 0.717) is 5.56 Å². The number of hydrogen-bond acceptors (Lipinski definition) is 6. The van der Waals surface area contributed by atoms with Gasteiger partial charge in [-0.3, -0.25) is 14.9 Å². The molecule has 0 heterocycles. The first-order valence-electron chi connectivity index (χ1n) is 9.02. The van der Waals surface area contributed by atoms with E-state index < -0.39 is 26.9 Å². The number of sulfonamides is 1. The van der Waals surface area contributed by atoms with Crippen molar-refractivity contribution < 1.29 is 27.6 Å². The zero-order valence-corrected chi connectivity index (χ0v) is 17.0. The molecule has 0 aliphatic heterocycles. The zero-order chi connectivity index (χ0) is 22.3. The molecule has 0 radical (unpaired) electrons. The largest absolute Gasteiger partial charge is 0.387 e. The van der Waals surface area contributed by atoms with Gasteiger partial charge in [0.1, 0.15) is 5.82 Å². The van der Waals surface area contributed by atoms with Crippen LogP contribution in [0, 0.1) is 15.9 Å². The van der Waals surface area contributed by atoms with Gasteiger partial charge in [0.25, 0.3) is 5.69 Å². The smallest absolute Gasteiger partial charge is 0.269 e. The third kappa shape index (κ3) is 6.31. The van der Waals surface area contributed by atoms with Crippen molar-refractivity contribution in [1.82, 2.24) is 9.62 Å². The number of aliphatic hydroxyl groups is 1. The maximum Gasteiger partial charge on any atom is 0.269 e. The predicted molar refractivity (Wildman–Crippen MR) is 107 cm³/mol. The number of halogens is 1. The summed E-state index contributed by atoms with van der Waals surface area (Å²) in [5.41, 5.74) is 0.320. The number of amides is 1. The molecule has 162 valence electrons. The van der Waals surface area contributed by atoms with Gasteiger partial charge in [0.2, 0.25) is 15.9 Å². The van der Waals surface area contributed by atoms with Gasteiger partial charge < -0.3 is 10.4 Å². The van der Waals surface area contributed by atoms with Crippen molar-refractivity contribution >= 4 is 21.6 Å². The van der Waals surface area contributed by atoms with E-state index in [0.717, 1.165) is 16.4 Å². The average molecular weight is 439 g/mol. The van der Waals surface area contributed by atoms with Gasteiger partial charge in [-0.05, 0) is 48.4 Å². The van der Waals surface area contributed by atoms with Gasteiger partial charge in [-0.15, -0.1) is 0 Å². The normalized spacial score (nSPS) is 12.5. The fourth-order valence-corrected chi connectivity index (χ4v) is 3.81. The Labute approximate surface area is 173 Å². The van der Waals surface area contributed by atoms with Gasteiger partial charge >= 0.3 is 0 Å². The highest BCUT2D eigenvalue weighted by atomic mass is 32.2. The van der Waals surface area contributed by atoms with Crippen LogP contribution in [0.5, 0.6) is 0 Å². The second kappa shape index (κ2) is 10.2. The lowest BCUT2D eigenvalue weighted by atomic mass is 10.1. The van der Waals surface area contributed by atoms with Crippen molar-refractivity contribution in [3.63, 3.8) is 0 Å². The third-order valence-electron chi connectivity index (χ3n) is 4.38. The maximum absolute atomic E-state index is 13.0. The first-order chi connectivity index (χ1) is 14.1. The zero-order valence-electron chi connectivity index (χ0n) is 16.2. The van der Waals surface area contributed by atoms with Crippen LogP contribution in [0.25, 0.3) is 0 Å². The second-order valence-electron chi connectivity index (χ2n) is 6.55. The molecule has 0 aliphatic carbocycles. The Hall–Kier alpha value is -2.89. The molecular weight excluding hydrogens is 417 g/mol. The van der Waals surface area contributed by atoms with E-state index in [1.807, 2.05) is 0 Å². The molecule has 2 aromatic carbocycles. The molecule has 0 aliphatic rings. The standard InChI is InChI=1S/C19H22FN3O6S/c1-22(30(28,29)17-10-6-15(20)7-11-17)12-2-3-19(25)21-13-18(24)14-4-8-16(9-5-14)23(26)27/h4-11,18,24H,2-3,12-13H2,1H3,(H,21,25)/t18-/m1/s1. The summed E-state index contributed by atoms with van der Waals surface area (Å²) in [5, 5.41) is 23.2. The van der Waals surface area contributed by atoms with E-state index in [1.54, 1.807) is 0 Å². The van der Waals surface area contributed by atoms with Crippen LogP contribution in [0.1, 0.15) is 24.5 Å². The molecule has 0 saturated carbocycles. The van der Waals surface area contributed by atoms with E-state index in [4.69, 9.17) is 0 Å². The molecule has 2 aromatic rings. The molecule has 1 atom stereocenters. The summed E-state index contributed by atoms with van der Waals surface area (Å²) < 4.78 is 38.8. The first kappa shape index (κ1) is 23.4. The monoisotopic (exact) mass is 439 g/mol. The molecule has 11 heteroatoms. The molecule has 0 bridgehead atoms. The summed E-state index contributed by atoms with van der Waals surface area (Å²) in [7, 11) is -2.41. The number of nitrogens with one attached hydrogen (secondary N) is 1.